The van der Waals surface area contributed by atoms with Crippen molar-refractivity contribution in [2.75, 3.05) is 6.61 Å². The molecule has 192 valence electrons. The van der Waals surface area contributed by atoms with Gasteiger partial charge in [-0.15, -0.1) is 0 Å². The largest absolute Gasteiger partial charge is 0.462 e. The first-order valence-corrected chi connectivity index (χ1v) is 14.2. The van der Waals surface area contributed by atoms with E-state index in [0.717, 1.165) is 63.4 Å². The number of carbonyl (C=O) groups excluding carboxylic acids is 2. The van der Waals surface area contributed by atoms with Gasteiger partial charge in [0.25, 0.3) is 0 Å². The number of aryl methyl sites for hydroxylation is 1. The van der Waals surface area contributed by atoms with Crippen LogP contribution in [0.15, 0.2) is 18.2 Å². The molecule has 1 aliphatic carbocycles. The minimum Gasteiger partial charge on any atom is -0.462 e. The number of benzene rings is 1. The van der Waals surface area contributed by atoms with E-state index in [4.69, 9.17) is 9.47 Å². The fourth-order valence-corrected chi connectivity index (χ4v) is 4.83. The first-order valence-electron chi connectivity index (χ1n) is 14.2. The van der Waals surface area contributed by atoms with Crippen LogP contribution in [0.25, 0.3) is 0 Å². The fraction of sp³-hybridized carbons (Fsp3) is 0.733. The van der Waals surface area contributed by atoms with Crippen LogP contribution in [0.1, 0.15) is 149 Å². The highest BCUT2D eigenvalue weighted by Crippen LogP contribution is 2.25. The molecule has 4 heteroatoms. The monoisotopic (exact) mass is 472 g/mol. The number of unbranched alkanes of at least 4 members (excludes halogenated alkanes) is 10. The van der Waals surface area contributed by atoms with Crippen molar-refractivity contribution in [2.24, 2.45) is 0 Å². The van der Waals surface area contributed by atoms with Crippen molar-refractivity contribution in [1.29, 1.82) is 0 Å². The Kier molecular flexibility index (Phi) is 14.7. The number of hydrogen-bond acceptors (Lipinski definition) is 4. The van der Waals surface area contributed by atoms with Crippen molar-refractivity contribution in [3.63, 3.8) is 0 Å². The molecule has 0 amide bonds. The van der Waals surface area contributed by atoms with Crippen LogP contribution in [-0.4, -0.2) is 24.6 Å². The summed E-state index contributed by atoms with van der Waals surface area (Å²) >= 11 is 0. The van der Waals surface area contributed by atoms with Crippen LogP contribution in [0, 0.1) is 0 Å². The third-order valence-electron chi connectivity index (χ3n) is 6.93. The molecule has 1 aromatic rings. The summed E-state index contributed by atoms with van der Waals surface area (Å²) < 4.78 is 11.5. The number of carbonyl (C=O) groups is 2. The van der Waals surface area contributed by atoms with Gasteiger partial charge in [-0.2, -0.15) is 0 Å². The summed E-state index contributed by atoms with van der Waals surface area (Å²) in [6, 6.07) is 5.59. The number of hydrogen-bond donors (Lipinski definition) is 0. The second-order valence-corrected chi connectivity index (χ2v) is 9.93. The summed E-state index contributed by atoms with van der Waals surface area (Å²) in [5.41, 5.74) is 1.73. The third kappa shape index (κ3) is 10.6. The van der Waals surface area contributed by atoms with E-state index < -0.39 is 0 Å². The lowest BCUT2D eigenvalue weighted by atomic mass is 9.95. The topological polar surface area (TPSA) is 52.6 Å². The number of esters is 2. The smallest absolute Gasteiger partial charge is 0.339 e. The second kappa shape index (κ2) is 17.6. The second-order valence-electron chi connectivity index (χ2n) is 9.93. The molecule has 0 unspecified atom stereocenters. The van der Waals surface area contributed by atoms with E-state index in [-0.39, 0.29) is 18.0 Å². The number of rotatable bonds is 17. The van der Waals surface area contributed by atoms with Gasteiger partial charge in [-0.05, 0) is 56.6 Å². The standard InChI is InChI=1S/C30H48O4/c1-3-5-7-9-11-14-19-25-20-18-23-27(29(31)34-26-21-15-13-16-22-26)28(25)30(32)33-24-17-12-10-8-6-4-2/h18,20,23,26H,3-17,19,21-22,24H2,1-2H3. The maximum absolute atomic E-state index is 13.2. The molecule has 0 saturated heterocycles. The lowest BCUT2D eigenvalue weighted by Crippen LogP contribution is -2.23. The van der Waals surface area contributed by atoms with Gasteiger partial charge in [0.05, 0.1) is 17.7 Å². The summed E-state index contributed by atoms with van der Waals surface area (Å²) in [5, 5.41) is 0. The molecular weight excluding hydrogens is 424 g/mol. The van der Waals surface area contributed by atoms with Gasteiger partial charge < -0.3 is 9.47 Å². The zero-order valence-corrected chi connectivity index (χ0v) is 21.9. The van der Waals surface area contributed by atoms with Crippen molar-refractivity contribution >= 4 is 11.9 Å². The zero-order valence-electron chi connectivity index (χ0n) is 21.9. The van der Waals surface area contributed by atoms with Gasteiger partial charge in [0.15, 0.2) is 0 Å². The predicted octanol–water partition coefficient (Wildman–Crippen LogP) is 8.60. The van der Waals surface area contributed by atoms with Crippen LogP contribution < -0.4 is 0 Å². The van der Waals surface area contributed by atoms with Gasteiger partial charge in [0, 0.05) is 0 Å². The molecule has 1 saturated carbocycles. The van der Waals surface area contributed by atoms with E-state index in [9.17, 15) is 9.59 Å². The van der Waals surface area contributed by atoms with Crippen LogP contribution in [-0.2, 0) is 15.9 Å². The summed E-state index contributed by atoms with van der Waals surface area (Å²) in [6.45, 7) is 4.84. The molecule has 0 spiro atoms. The van der Waals surface area contributed by atoms with Gasteiger partial charge in [0.2, 0.25) is 0 Å². The lowest BCUT2D eigenvalue weighted by molar-refractivity contribution is 0.0203. The minimum absolute atomic E-state index is 0.0320. The predicted molar refractivity (Wildman–Crippen MR) is 139 cm³/mol. The molecular formula is C30H48O4. The Morgan fingerprint density at radius 3 is 2.06 bits per heavy atom. The molecule has 34 heavy (non-hydrogen) atoms. The molecule has 0 atom stereocenters. The van der Waals surface area contributed by atoms with Gasteiger partial charge in [-0.25, -0.2) is 9.59 Å². The van der Waals surface area contributed by atoms with E-state index in [0.29, 0.717) is 17.7 Å². The molecule has 0 aromatic heterocycles. The van der Waals surface area contributed by atoms with Crippen molar-refractivity contribution in [1.82, 2.24) is 0 Å². The van der Waals surface area contributed by atoms with Crippen LogP contribution in [0.4, 0.5) is 0 Å². The molecule has 4 nitrogen and oxygen atoms in total. The lowest BCUT2D eigenvalue weighted by Gasteiger charge is -2.22. The Balaban J connectivity index is 2.02. The molecule has 2 rings (SSSR count). The van der Waals surface area contributed by atoms with Crippen LogP contribution in [0.3, 0.4) is 0 Å². The normalized spacial score (nSPS) is 14.2. The molecule has 0 bridgehead atoms. The van der Waals surface area contributed by atoms with Crippen LogP contribution in [0.5, 0.6) is 0 Å². The Morgan fingerprint density at radius 1 is 0.765 bits per heavy atom. The van der Waals surface area contributed by atoms with Crippen molar-refractivity contribution < 1.29 is 19.1 Å². The average molecular weight is 473 g/mol. The van der Waals surface area contributed by atoms with E-state index >= 15 is 0 Å². The van der Waals surface area contributed by atoms with E-state index in [1.54, 1.807) is 6.07 Å². The van der Waals surface area contributed by atoms with Crippen molar-refractivity contribution in [3.05, 3.63) is 34.9 Å². The van der Waals surface area contributed by atoms with Crippen molar-refractivity contribution in [2.45, 2.75) is 136 Å². The van der Waals surface area contributed by atoms with E-state index in [1.165, 1.54) is 57.8 Å². The molecule has 1 aromatic carbocycles. The highest BCUT2D eigenvalue weighted by molar-refractivity contribution is 6.04. The van der Waals surface area contributed by atoms with E-state index in [2.05, 4.69) is 13.8 Å². The van der Waals surface area contributed by atoms with Crippen LogP contribution in [0.2, 0.25) is 0 Å². The highest BCUT2D eigenvalue weighted by Gasteiger charge is 2.25. The highest BCUT2D eigenvalue weighted by atomic mass is 16.5. The zero-order chi connectivity index (χ0) is 24.4. The van der Waals surface area contributed by atoms with Gasteiger partial charge >= 0.3 is 11.9 Å². The summed E-state index contributed by atoms with van der Waals surface area (Å²) in [7, 11) is 0. The summed E-state index contributed by atoms with van der Waals surface area (Å²) in [5.74, 6) is -0.742. The first kappa shape index (κ1) is 28.4. The minimum atomic E-state index is -0.372. The fourth-order valence-electron chi connectivity index (χ4n) is 4.83. The molecule has 0 N–H and O–H groups in total. The Hall–Kier alpha value is -1.84. The number of ether oxygens (including phenoxy) is 2. The van der Waals surface area contributed by atoms with E-state index in [1.807, 2.05) is 12.1 Å². The molecule has 1 aliphatic rings. The summed E-state index contributed by atoms with van der Waals surface area (Å²) in [6.07, 6.45) is 20.0. The average Bonchev–Trinajstić information content (AvgIpc) is 2.86. The Bertz CT molecular complexity index is 706. The third-order valence-corrected chi connectivity index (χ3v) is 6.93. The molecule has 0 heterocycles. The first-order chi connectivity index (χ1) is 16.7. The summed E-state index contributed by atoms with van der Waals surface area (Å²) in [4.78, 5) is 26.2. The Morgan fingerprint density at radius 2 is 1.38 bits per heavy atom. The molecule has 1 fully saturated rings. The SMILES string of the molecule is CCCCCCCCOC(=O)c1c(CCCCCCCC)cccc1C(=O)OC1CCCCC1. The maximum Gasteiger partial charge on any atom is 0.339 e. The molecule has 0 aliphatic heterocycles. The van der Waals surface area contributed by atoms with Gasteiger partial charge in [-0.1, -0.05) is 96.6 Å². The maximum atomic E-state index is 13.2. The van der Waals surface area contributed by atoms with Crippen LogP contribution >= 0.6 is 0 Å². The Labute approximate surface area is 208 Å². The molecule has 0 radical (unpaired) electrons. The van der Waals surface area contributed by atoms with Crippen molar-refractivity contribution in [3.8, 4) is 0 Å². The van der Waals surface area contributed by atoms with Gasteiger partial charge in [-0.3, -0.25) is 0 Å². The quantitative estimate of drug-likeness (QED) is 0.168. The van der Waals surface area contributed by atoms with Gasteiger partial charge in [0.1, 0.15) is 6.10 Å².